The normalized spacial score (nSPS) is 10.2. The molecule has 23 heavy (non-hydrogen) atoms. The van der Waals surface area contributed by atoms with Crippen LogP contribution in [0, 0.1) is 0 Å². The van der Waals surface area contributed by atoms with Crippen LogP contribution in [0.1, 0.15) is 12.0 Å². The number of carbonyl (C=O) groups excluding carboxylic acids is 1. The fourth-order valence-electron chi connectivity index (χ4n) is 2.19. The van der Waals surface area contributed by atoms with E-state index in [1.165, 1.54) is 0 Å². The van der Waals surface area contributed by atoms with Crippen molar-refractivity contribution in [2.75, 3.05) is 25.5 Å². The summed E-state index contributed by atoms with van der Waals surface area (Å²) in [5.41, 5.74) is 2.05. The SMILES string of the molecule is COc1ccccc1NCCC(=O)NCCc1ccc(Cl)cc1. The summed E-state index contributed by atoms with van der Waals surface area (Å²) in [7, 11) is 1.63. The highest BCUT2D eigenvalue weighted by Gasteiger charge is 2.03. The molecule has 0 aromatic heterocycles. The first-order valence-electron chi connectivity index (χ1n) is 7.57. The number of carbonyl (C=O) groups is 1. The zero-order chi connectivity index (χ0) is 16.5. The van der Waals surface area contributed by atoms with E-state index in [0.29, 0.717) is 19.5 Å². The van der Waals surface area contributed by atoms with Crippen LogP contribution in [-0.2, 0) is 11.2 Å². The minimum atomic E-state index is 0.0290. The quantitative estimate of drug-likeness (QED) is 0.777. The van der Waals surface area contributed by atoms with Gasteiger partial charge in [0.15, 0.2) is 0 Å². The summed E-state index contributed by atoms with van der Waals surface area (Å²) in [6.45, 7) is 1.18. The van der Waals surface area contributed by atoms with E-state index in [2.05, 4.69) is 10.6 Å². The third-order valence-electron chi connectivity index (χ3n) is 3.42. The van der Waals surface area contributed by atoms with Crippen molar-refractivity contribution in [1.82, 2.24) is 5.32 Å². The van der Waals surface area contributed by atoms with E-state index in [0.717, 1.165) is 28.4 Å². The lowest BCUT2D eigenvalue weighted by Gasteiger charge is -2.11. The van der Waals surface area contributed by atoms with Crippen molar-refractivity contribution in [3.63, 3.8) is 0 Å². The molecule has 4 nitrogen and oxygen atoms in total. The van der Waals surface area contributed by atoms with Crippen LogP contribution < -0.4 is 15.4 Å². The lowest BCUT2D eigenvalue weighted by atomic mass is 10.1. The fraction of sp³-hybridized carbons (Fsp3) is 0.278. The van der Waals surface area contributed by atoms with Crippen LogP contribution in [0.25, 0.3) is 0 Å². The molecule has 2 aromatic rings. The van der Waals surface area contributed by atoms with Crippen LogP contribution in [0.4, 0.5) is 5.69 Å². The zero-order valence-electron chi connectivity index (χ0n) is 13.1. The minimum absolute atomic E-state index is 0.0290. The van der Waals surface area contributed by atoms with Crippen molar-refractivity contribution in [3.05, 3.63) is 59.1 Å². The van der Waals surface area contributed by atoms with Gasteiger partial charge in [0.2, 0.25) is 5.91 Å². The van der Waals surface area contributed by atoms with Crippen LogP contribution in [0.5, 0.6) is 5.75 Å². The summed E-state index contributed by atoms with van der Waals surface area (Å²) in [6.07, 6.45) is 1.21. The topological polar surface area (TPSA) is 50.4 Å². The van der Waals surface area contributed by atoms with Gasteiger partial charge in [-0.3, -0.25) is 4.79 Å². The minimum Gasteiger partial charge on any atom is -0.495 e. The van der Waals surface area contributed by atoms with Crippen LogP contribution in [0.3, 0.4) is 0 Å². The molecular formula is C18H21ClN2O2. The van der Waals surface area contributed by atoms with Gasteiger partial charge in [0.25, 0.3) is 0 Å². The number of nitrogens with one attached hydrogen (secondary N) is 2. The average Bonchev–Trinajstić information content (AvgIpc) is 2.57. The van der Waals surface area contributed by atoms with Gasteiger partial charge in [0, 0.05) is 24.5 Å². The number of para-hydroxylation sites is 2. The van der Waals surface area contributed by atoms with Gasteiger partial charge in [0.1, 0.15) is 5.75 Å². The van der Waals surface area contributed by atoms with E-state index in [9.17, 15) is 4.79 Å². The lowest BCUT2D eigenvalue weighted by molar-refractivity contribution is -0.120. The Morgan fingerprint density at radius 1 is 1.09 bits per heavy atom. The molecule has 0 saturated heterocycles. The molecule has 0 fully saturated rings. The number of hydrogen-bond donors (Lipinski definition) is 2. The summed E-state index contributed by atoms with van der Waals surface area (Å²) in [4.78, 5) is 11.8. The standard InChI is InChI=1S/C18H21ClN2O2/c1-23-17-5-3-2-4-16(17)20-13-11-18(22)21-12-10-14-6-8-15(19)9-7-14/h2-9,20H,10-13H2,1H3,(H,21,22). The van der Waals surface area contributed by atoms with Gasteiger partial charge in [-0.2, -0.15) is 0 Å². The fourth-order valence-corrected chi connectivity index (χ4v) is 2.31. The molecule has 1 amide bonds. The van der Waals surface area contributed by atoms with Gasteiger partial charge in [0.05, 0.1) is 12.8 Å². The predicted molar refractivity (Wildman–Crippen MR) is 94.3 cm³/mol. The van der Waals surface area contributed by atoms with E-state index in [-0.39, 0.29) is 5.91 Å². The van der Waals surface area contributed by atoms with Crippen LogP contribution >= 0.6 is 11.6 Å². The highest BCUT2D eigenvalue weighted by Crippen LogP contribution is 2.22. The maximum atomic E-state index is 11.8. The van der Waals surface area contributed by atoms with E-state index >= 15 is 0 Å². The highest BCUT2D eigenvalue weighted by molar-refractivity contribution is 6.30. The van der Waals surface area contributed by atoms with Crippen LogP contribution in [0.15, 0.2) is 48.5 Å². The van der Waals surface area contributed by atoms with E-state index in [4.69, 9.17) is 16.3 Å². The third-order valence-corrected chi connectivity index (χ3v) is 3.68. The Morgan fingerprint density at radius 3 is 2.57 bits per heavy atom. The number of hydrogen-bond acceptors (Lipinski definition) is 3. The molecule has 2 aromatic carbocycles. The predicted octanol–water partition coefficient (Wildman–Crippen LogP) is 3.51. The van der Waals surface area contributed by atoms with Gasteiger partial charge < -0.3 is 15.4 Å². The van der Waals surface area contributed by atoms with Crippen molar-refractivity contribution in [1.29, 1.82) is 0 Å². The van der Waals surface area contributed by atoms with Crippen molar-refractivity contribution >= 4 is 23.2 Å². The van der Waals surface area contributed by atoms with Crippen LogP contribution in [-0.4, -0.2) is 26.1 Å². The number of benzene rings is 2. The molecule has 2 rings (SSSR count). The van der Waals surface area contributed by atoms with E-state index in [1.807, 2.05) is 48.5 Å². The molecule has 122 valence electrons. The van der Waals surface area contributed by atoms with Crippen molar-refractivity contribution in [3.8, 4) is 5.75 Å². The van der Waals surface area contributed by atoms with Crippen molar-refractivity contribution in [2.24, 2.45) is 0 Å². The summed E-state index contributed by atoms with van der Waals surface area (Å²) in [6, 6.07) is 15.3. The number of ether oxygens (including phenoxy) is 1. The molecular weight excluding hydrogens is 312 g/mol. The van der Waals surface area contributed by atoms with E-state index in [1.54, 1.807) is 7.11 Å². The van der Waals surface area contributed by atoms with Gasteiger partial charge >= 0.3 is 0 Å². The molecule has 0 bridgehead atoms. The van der Waals surface area contributed by atoms with Gasteiger partial charge in [-0.25, -0.2) is 0 Å². The van der Waals surface area contributed by atoms with Crippen molar-refractivity contribution in [2.45, 2.75) is 12.8 Å². The first kappa shape index (κ1) is 17.2. The monoisotopic (exact) mass is 332 g/mol. The van der Waals surface area contributed by atoms with Gasteiger partial charge in [-0.1, -0.05) is 35.9 Å². The largest absolute Gasteiger partial charge is 0.495 e. The first-order chi connectivity index (χ1) is 11.2. The smallest absolute Gasteiger partial charge is 0.221 e. The second-order valence-electron chi connectivity index (χ2n) is 5.10. The molecule has 0 aliphatic heterocycles. The second-order valence-corrected chi connectivity index (χ2v) is 5.54. The first-order valence-corrected chi connectivity index (χ1v) is 7.95. The second kappa shape index (κ2) is 9.06. The summed E-state index contributed by atoms with van der Waals surface area (Å²) in [5, 5.41) is 6.85. The molecule has 0 radical (unpaired) electrons. The number of rotatable bonds is 8. The van der Waals surface area contributed by atoms with Gasteiger partial charge in [-0.05, 0) is 36.2 Å². The molecule has 2 N–H and O–H groups in total. The molecule has 0 aliphatic carbocycles. The summed E-state index contributed by atoms with van der Waals surface area (Å²) >= 11 is 5.84. The zero-order valence-corrected chi connectivity index (χ0v) is 13.9. The Morgan fingerprint density at radius 2 is 1.83 bits per heavy atom. The van der Waals surface area contributed by atoms with Crippen molar-refractivity contribution < 1.29 is 9.53 Å². The highest BCUT2D eigenvalue weighted by atomic mass is 35.5. The number of anilines is 1. The van der Waals surface area contributed by atoms with Gasteiger partial charge in [-0.15, -0.1) is 0 Å². The molecule has 5 heteroatoms. The molecule has 0 unspecified atom stereocenters. The maximum Gasteiger partial charge on any atom is 0.221 e. The number of amides is 1. The Kier molecular flexibility index (Phi) is 6.76. The number of methoxy groups -OCH3 is 1. The lowest BCUT2D eigenvalue weighted by Crippen LogP contribution is -2.27. The molecule has 0 saturated carbocycles. The number of halogens is 1. The summed E-state index contributed by atoms with van der Waals surface area (Å²) < 4.78 is 5.25. The maximum absolute atomic E-state index is 11.8. The molecule has 0 spiro atoms. The Bertz CT molecular complexity index is 629. The molecule has 0 heterocycles. The Labute approximate surface area is 141 Å². The third kappa shape index (κ3) is 5.83. The Hall–Kier alpha value is -2.20. The average molecular weight is 333 g/mol. The summed E-state index contributed by atoms with van der Waals surface area (Å²) in [5.74, 6) is 0.803. The van der Waals surface area contributed by atoms with E-state index < -0.39 is 0 Å². The van der Waals surface area contributed by atoms with Crippen LogP contribution in [0.2, 0.25) is 5.02 Å². The molecule has 0 aliphatic rings. The molecule has 0 atom stereocenters. The Balaban J connectivity index is 1.66.